The standard InChI is InChI=1S/C18H27N3O4/c1-3-21(13-17(22)23)15-11-14(12-15)19-18(24)20(2)9-10-25-16-7-5-4-6-8-16/h4-8,14-15H,3,9-13H2,1-2H3,(H,19,24)(H,22,23). The number of carbonyl (C=O) groups is 2. The number of carboxylic acid groups (broad SMARTS) is 1. The van der Waals surface area contributed by atoms with E-state index in [4.69, 9.17) is 9.84 Å². The molecule has 0 bridgehead atoms. The molecule has 7 nitrogen and oxygen atoms in total. The van der Waals surface area contributed by atoms with E-state index in [0.29, 0.717) is 19.7 Å². The molecule has 1 aromatic carbocycles. The van der Waals surface area contributed by atoms with Gasteiger partial charge in [0.15, 0.2) is 0 Å². The number of carbonyl (C=O) groups excluding carboxylic acids is 1. The van der Waals surface area contributed by atoms with Crippen LogP contribution >= 0.6 is 0 Å². The number of ether oxygens (including phenoxy) is 1. The molecular formula is C18H27N3O4. The summed E-state index contributed by atoms with van der Waals surface area (Å²) in [4.78, 5) is 26.5. The quantitative estimate of drug-likeness (QED) is 0.708. The SMILES string of the molecule is CCN(CC(=O)O)C1CC(NC(=O)N(C)CCOc2ccccc2)C1. The van der Waals surface area contributed by atoms with E-state index in [2.05, 4.69) is 5.32 Å². The Morgan fingerprint density at radius 2 is 1.96 bits per heavy atom. The molecule has 7 heteroatoms. The topological polar surface area (TPSA) is 82.1 Å². The van der Waals surface area contributed by atoms with Crippen LogP contribution in [-0.2, 0) is 4.79 Å². The number of hydrogen-bond acceptors (Lipinski definition) is 4. The number of carboxylic acids is 1. The Bertz CT molecular complexity index is 561. The van der Waals surface area contributed by atoms with Gasteiger partial charge in [0, 0.05) is 19.1 Å². The van der Waals surface area contributed by atoms with Gasteiger partial charge in [-0.1, -0.05) is 25.1 Å². The highest BCUT2D eigenvalue weighted by molar-refractivity contribution is 5.74. The summed E-state index contributed by atoms with van der Waals surface area (Å²) in [5.74, 6) is -0.0243. The molecule has 0 radical (unpaired) electrons. The lowest BCUT2D eigenvalue weighted by atomic mass is 9.85. The molecule has 2 rings (SSSR count). The van der Waals surface area contributed by atoms with Crippen molar-refractivity contribution in [3.63, 3.8) is 0 Å². The zero-order valence-electron chi connectivity index (χ0n) is 14.9. The lowest BCUT2D eigenvalue weighted by Crippen LogP contribution is -2.56. The van der Waals surface area contributed by atoms with Gasteiger partial charge < -0.3 is 20.1 Å². The summed E-state index contributed by atoms with van der Waals surface area (Å²) >= 11 is 0. The van der Waals surface area contributed by atoms with E-state index < -0.39 is 5.97 Å². The minimum Gasteiger partial charge on any atom is -0.492 e. The number of amides is 2. The van der Waals surface area contributed by atoms with Crippen LogP contribution in [0.3, 0.4) is 0 Å². The van der Waals surface area contributed by atoms with Crippen molar-refractivity contribution < 1.29 is 19.4 Å². The fourth-order valence-electron chi connectivity index (χ4n) is 2.88. The third kappa shape index (κ3) is 5.94. The van der Waals surface area contributed by atoms with E-state index in [1.807, 2.05) is 42.2 Å². The van der Waals surface area contributed by atoms with Crippen molar-refractivity contribution >= 4 is 12.0 Å². The average Bonchev–Trinajstić information content (AvgIpc) is 2.56. The number of aliphatic carboxylic acids is 1. The first-order valence-corrected chi connectivity index (χ1v) is 8.65. The summed E-state index contributed by atoms with van der Waals surface area (Å²) in [7, 11) is 1.74. The zero-order chi connectivity index (χ0) is 18.2. The van der Waals surface area contributed by atoms with E-state index >= 15 is 0 Å². The third-order valence-electron chi connectivity index (χ3n) is 4.49. The first-order valence-electron chi connectivity index (χ1n) is 8.65. The van der Waals surface area contributed by atoms with E-state index in [-0.39, 0.29) is 24.7 Å². The van der Waals surface area contributed by atoms with Gasteiger partial charge in [0.1, 0.15) is 12.4 Å². The minimum absolute atomic E-state index is 0.0541. The predicted molar refractivity (Wildman–Crippen MR) is 94.8 cm³/mol. The third-order valence-corrected chi connectivity index (χ3v) is 4.49. The Balaban J connectivity index is 1.64. The maximum absolute atomic E-state index is 12.2. The Hall–Kier alpha value is -2.28. The van der Waals surface area contributed by atoms with Crippen molar-refractivity contribution in [2.45, 2.75) is 31.8 Å². The minimum atomic E-state index is -0.813. The molecule has 2 N–H and O–H groups in total. The summed E-state index contributed by atoms with van der Waals surface area (Å²) in [6.07, 6.45) is 1.59. The molecule has 25 heavy (non-hydrogen) atoms. The molecule has 0 saturated heterocycles. The van der Waals surface area contributed by atoms with Gasteiger partial charge in [-0.2, -0.15) is 0 Å². The van der Waals surface area contributed by atoms with Crippen LogP contribution < -0.4 is 10.1 Å². The number of nitrogens with one attached hydrogen (secondary N) is 1. The fourth-order valence-corrected chi connectivity index (χ4v) is 2.88. The van der Waals surface area contributed by atoms with Crippen molar-refractivity contribution in [1.82, 2.24) is 15.1 Å². The maximum Gasteiger partial charge on any atom is 0.317 e. The van der Waals surface area contributed by atoms with Crippen LogP contribution in [-0.4, -0.2) is 72.3 Å². The van der Waals surface area contributed by atoms with Crippen molar-refractivity contribution in [1.29, 1.82) is 0 Å². The zero-order valence-corrected chi connectivity index (χ0v) is 14.9. The molecule has 0 atom stereocenters. The molecular weight excluding hydrogens is 322 g/mol. The summed E-state index contributed by atoms with van der Waals surface area (Å²) in [6.45, 7) is 3.64. The van der Waals surface area contributed by atoms with E-state index in [1.165, 1.54) is 0 Å². The molecule has 0 aromatic heterocycles. The fraction of sp³-hybridized carbons (Fsp3) is 0.556. The summed E-state index contributed by atoms with van der Waals surface area (Å²) in [5.41, 5.74) is 0. The van der Waals surface area contributed by atoms with Crippen LogP contribution in [0.2, 0.25) is 0 Å². The van der Waals surface area contributed by atoms with Gasteiger partial charge in [-0.05, 0) is 31.5 Å². The molecule has 2 amide bonds. The normalized spacial score (nSPS) is 19.2. The number of para-hydroxylation sites is 1. The summed E-state index contributed by atoms with van der Waals surface area (Å²) < 4.78 is 5.59. The van der Waals surface area contributed by atoms with Crippen LogP contribution in [0.25, 0.3) is 0 Å². The number of hydrogen-bond donors (Lipinski definition) is 2. The van der Waals surface area contributed by atoms with Gasteiger partial charge in [0.05, 0.1) is 13.1 Å². The molecule has 138 valence electrons. The molecule has 0 unspecified atom stereocenters. The van der Waals surface area contributed by atoms with Gasteiger partial charge in [-0.15, -0.1) is 0 Å². The highest BCUT2D eigenvalue weighted by Gasteiger charge is 2.35. The van der Waals surface area contributed by atoms with Crippen LogP contribution in [0.4, 0.5) is 4.79 Å². The van der Waals surface area contributed by atoms with Gasteiger partial charge in [0.25, 0.3) is 0 Å². The second kappa shape index (κ2) is 9.27. The lowest BCUT2D eigenvalue weighted by Gasteiger charge is -2.42. The molecule has 1 aliphatic carbocycles. The van der Waals surface area contributed by atoms with E-state index in [9.17, 15) is 9.59 Å². The van der Waals surface area contributed by atoms with Gasteiger partial charge in [0.2, 0.25) is 0 Å². The Labute approximate surface area is 148 Å². The molecule has 1 aliphatic rings. The van der Waals surface area contributed by atoms with Crippen molar-refractivity contribution in [2.75, 3.05) is 33.3 Å². The number of benzene rings is 1. The van der Waals surface area contributed by atoms with Gasteiger partial charge >= 0.3 is 12.0 Å². The largest absolute Gasteiger partial charge is 0.492 e. The molecule has 0 spiro atoms. The first kappa shape index (κ1) is 19.1. The Kier molecular flexibility index (Phi) is 7.06. The second-order valence-corrected chi connectivity index (χ2v) is 6.31. The number of likely N-dealkylation sites (N-methyl/N-ethyl adjacent to an activating group) is 2. The van der Waals surface area contributed by atoms with Crippen LogP contribution in [0.15, 0.2) is 30.3 Å². The second-order valence-electron chi connectivity index (χ2n) is 6.31. The Morgan fingerprint density at radius 1 is 1.28 bits per heavy atom. The number of rotatable bonds is 9. The van der Waals surface area contributed by atoms with Crippen LogP contribution in [0, 0.1) is 0 Å². The van der Waals surface area contributed by atoms with Gasteiger partial charge in [-0.3, -0.25) is 9.69 Å². The summed E-state index contributed by atoms with van der Waals surface area (Å²) in [5, 5.41) is 11.9. The molecule has 1 aromatic rings. The first-order chi connectivity index (χ1) is 12.0. The average molecular weight is 349 g/mol. The van der Waals surface area contributed by atoms with Gasteiger partial charge in [-0.25, -0.2) is 4.79 Å². The van der Waals surface area contributed by atoms with Crippen LogP contribution in [0.5, 0.6) is 5.75 Å². The highest BCUT2D eigenvalue weighted by Crippen LogP contribution is 2.25. The predicted octanol–water partition coefficient (Wildman–Crippen LogP) is 1.64. The maximum atomic E-state index is 12.2. The van der Waals surface area contributed by atoms with Crippen molar-refractivity contribution in [2.24, 2.45) is 0 Å². The van der Waals surface area contributed by atoms with E-state index in [1.54, 1.807) is 11.9 Å². The molecule has 1 saturated carbocycles. The molecule has 0 heterocycles. The molecule has 1 fully saturated rings. The van der Waals surface area contributed by atoms with Crippen LogP contribution in [0.1, 0.15) is 19.8 Å². The van der Waals surface area contributed by atoms with Crippen molar-refractivity contribution in [3.8, 4) is 5.75 Å². The smallest absolute Gasteiger partial charge is 0.317 e. The van der Waals surface area contributed by atoms with E-state index in [0.717, 1.165) is 18.6 Å². The Morgan fingerprint density at radius 3 is 2.56 bits per heavy atom. The van der Waals surface area contributed by atoms with Crippen molar-refractivity contribution in [3.05, 3.63) is 30.3 Å². The summed E-state index contributed by atoms with van der Waals surface area (Å²) in [6, 6.07) is 9.72. The lowest BCUT2D eigenvalue weighted by molar-refractivity contribution is -0.139. The number of nitrogens with zero attached hydrogens (tertiary/aromatic N) is 2. The highest BCUT2D eigenvalue weighted by atomic mass is 16.5. The number of urea groups is 1. The monoisotopic (exact) mass is 349 g/mol. The molecule has 0 aliphatic heterocycles.